The zero-order valence-corrected chi connectivity index (χ0v) is 17.7. The van der Waals surface area contributed by atoms with E-state index in [-0.39, 0.29) is 12.2 Å². The van der Waals surface area contributed by atoms with Gasteiger partial charge in [0, 0.05) is 20.1 Å². The molecule has 0 aliphatic carbocycles. The van der Waals surface area contributed by atoms with Crippen molar-refractivity contribution in [1.29, 1.82) is 0 Å². The normalized spacial score (nSPS) is 13.5. The molecule has 3 aromatic carbocycles. The molecule has 0 spiro atoms. The predicted octanol–water partition coefficient (Wildman–Crippen LogP) is 4.78. The molecule has 5 nitrogen and oxygen atoms in total. The molecule has 7 heteroatoms. The molecule has 0 saturated carbocycles. The van der Waals surface area contributed by atoms with Crippen LogP contribution in [0, 0.1) is 5.82 Å². The summed E-state index contributed by atoms with van der Waals surface area (Å²) in [5, 5.41) is 2.87. The number of hydrogen-bond donors (Lipinski definition) is 1. The van der Waals surface area contributed by atoms with E-state index < -0.39 is 15.8 Å². The van der Waals surface area contributed by atoms with Gasteiger partial charge in [-0.1, -0.05) is 36.4 Å². The molecule has 0 aromatic heterocycles. The standard InChI is InChI=1S/C24H23FN2O3S.H2/c25-20-10-13-22(14-11-20)31(29,30)27-16-4-7-19-9-12-21(17-23(19)27)26-24(28)15-8-18-5-2-1-3-6-18;/h1-3,5-6,9-14,17H,4,7-8,15-16H2,(H,26,28);1H. The number of sulfonamides is 1. The average Bonchev–Trinajstić information content (AvgIpc) is 2.78. The Labute approximate surface area is 183 Å². The van der Waals surface area contributed by atoms with Gasteiger partial charge in [0.1, 0.15) is 5.82 Å². The fourth-order valence-corrected chi connectivity index (χ4v) is 5.26. The highest BCUT2D eigenvalue weighted by Crippen LogP contribution is 2.34. The highest BCUT2D eigenvalue weighted by Gasteiger charge is 2.29. The van der Waals surface area contributed by atoms with Crippen molar-refractivity contribution in [3.05, 3.63) is 89.7 Å². The zero-order chi connectivity index (χ0) is 21.8. The Balaban J connectivity index is 0.00000289. The van der Waals surface area contributed by atoms with E-state index in [1.54, 1.807) is 12.1 Å². The van der Waals surface area contributed by atoms with Gasteiger partial charge in [0.05, 0.1) is 10.6 Å². The van der Waals surface area contributed by atoms with Gasteiger partial charge in [-0.05, 0) is 66.8 Å². The van der Waals surface area contributed by atoms with Crippen LogP contribution in [0.3, 0.4) is 0 Å². The second-order valence-electron chi connectivity index (χ2n) is 7.51. The van der Waals surface area contributed by atoms with Gasteiger partial charge >= 0.3 is 0 Å². The van der Waals surface area contributed by atoms with Crippen LogP contribution in [-0.2, 0) is 27.7 Å². The second kappa shape index (κ2) is 8.89. The number of rotatable bonds is 6. The Morgan fingerprint density at radius 3 is 2.52 bits per heavy atom. The van der Waals surface area contributed by atoms with Gasteiger partial charge < -0.3 is 5.32 Å². The third-order valence-corrected chi connectivity index (χ3v) is 7.16. The molecular weight excluding hydrogens is 415 g/mol. The van der Waals surface area contributed by atoms with Crippen molar-refractivity contribution in [3.63, 3.8) is 0 Å². The largest absolute Gasteiger partial charge is 0.326 e. The number of nitrogens with zero attached hydrogens (tertiary/aromatic N) is 1. The number of aryl methyl sites for hydroxylation is 2. The van der Waals surface area contributed by atoms with Crippen molar-refractivity contribution in [2.24, 2.45) is 0 Å². The lowest BCUT2D eigenvalue weighted by Crippen LogP contribution is -2.35. The zero-order valence-electron chi connectivity index (χ0n) is 16.9. The molecule has 1 aliphatic heterocycles. The lowest BCUT2D eigenvalue weighted by atomic mass is 10.0. The summed E-state index contributed by atoms with van der Waals surface area (Å²) in [4.78, 5) is 12.4. The average molecular weight is 441 g/mol. The number of fused-ring (bicyclic) bond motifs is 1. The molecule has 0 atom stereocenters. The van der Waals surface area contributed by atoms with Crippen LogP contribution in [0.25, 0.3) is 0 Å². The highest BCUT2D eigenvalue weighted by atomic mass is 32.2. The molecular formula is C24H25FN2O3S. The van der Waals surface area contributed by atoms with Crippen molar-refractivity contribution in [1.82, 2.24) is 0 Å². The summed E-state index contributed by atoms with van der Waals surface area (Å²) in [6.07, 6.45) is 2.41. The molecule has 31 heavy (non-hydrogen) atoms. The Hall–Kier alpha value is -3.19. The molecule has 0 saturated heterocycles. The third kappa shape index (κ3) is 4.77. The minimum absolute atomic E-state index is 0. The number of halogens is 1. The molecule has 1 N–H and O–H groups in total. The van der Waals surface area contributed by atoms with Gasteiger partial charge in [-0.25, -0.2) is 12.8 Å². The van der Waals surface area contributed by atoms with Crippen LogP contribution in [0.5, 0.6) is 0 Å². The van der Waals surface area contributed by atoms with E-state index in [0.717, 1.165) is 29.7 Å². The van der Waals surface area contributed by atoms with Crippen molar-refractivity contribution in [2.75, 3.05) is 16.2 Å². The molecule has 3 aromatic rings. The molecule has 162 valence electrons. The summed E-state index contributed by atoms with van der Waals surface area (Å²) >= 11 is 0. The summed E-state index contributed by atoms with van der Waals surface area (Å²) in [6, 6.07) is 19.9. The van der Waals surface area contributed by atoms with Crippen LogP contribution in [0.1, 0.15) is 25.4 Å². The minimum atomic E-state index is -3.83. The maximum atomic E-state index is 13.3. The molecule has 1 heterocycles. The van der Waals surface area contributed by atoms with Crippen molar-refractivity contribution in [2.45, 2.75) is 30.6 Å². The van der Waals surface area contributed by atoms with Crippen molar-refractivity contribution >= 4 is 27.3 Å². The Morgan fingerprint density at radius 2 is 1.77 bits per heavy atom. The smallest absolute Gasteiger partial charge is 0.264 e. The molecule has 0 radical (unpaired) electrons. The van der Waals surface area contributed by atoms with E-state index in [1.165, 1.54) is 16.4 Å². The highest BCUT2D eigenvalue weighted by molar-refractivity contribution is 7.92. The molecule has 1 amide bonds. The van der Waals surface area contributed by atoms with Gasteiger partial charge in [0.15, 0.2) is 0 Å². The van der Waals surface area contributed by atoms with Gasteiger partial charge in [-0.15, -0.1) is 0 Å². The Kier molecular flexibility index (Phi) is 6.04. The van der Waals surface area contributed by atoms with Crippen LogP contribution in [0.4, 0.5) is 15.8 Å². The lowest BCUT2D eigenvalue weighted by Gasteiger charge is -2.31. The van der Waals surface area contributed by atoms with Gasteiger partial charge in [0.25, 0.3) is 10.0 Å². The summed E-state index contributed by atoms with van der Waals surface area (Å²) in [7, 11) is -3.83. The molecule has 1 aliphatic rings. The first-order valence-corrected chi connectivity index (χ1v) is 11.6. The first-order chi connectivity index (χ1) is 14.9. The number of carbonyl (C=O) groups is 1. The van der Waals surface area contributed by atoms with E-state index in [4.69, 9.17) is 0 Å². The van der Waals surface area contributed by atoms with Crippen LogP contribution >= 0.6 is 0 Å². The first-order valence-electron chi connectivity index (χ1n) is 10.2. The second-order valence-corrected chi connectivity index (χ2v) is 9.37. The summed E-state index contributed by atoms with van der Waals surface area (Å²) in [5.41, 5.74) is 3.09. The van der Waals surface area contributed by atoms with Gasteiger partial charge in [-0.3, -0.25) is 9.10 Å². The van der Waals surface area contributed by atoms with Crippen LogP contribution in [0.2, 0.25) is 0 Å². The van der Waals surface area contributed by atoms with Crippen LogP contribution in [0.15, 0.2) is 77.7 Å². The number of benzene rings is 3. The summed E-state index contributed by atoms with van der Waals surface area (Å²) in [6.45, 7) is 0.331. The molecule has 0 fully saturated rings. The van der Waals surface area contributed by atoms with E-state index in [1.807, 2.05) is 36.4 Å². The number of carbonyl (C=O) groups excluding carboxylic acids is 1. The van der Waals surface area contributed by atoms with Gasteiger partial charge in [0.2, 0.25) is 5.91 Å². The number of anilines is 2. The molecule has 0 unspecified atom stereocenters. The van der Waals surface area contributed by atoms with E-state index in [0.29, 0.717) is 37.2 Å². The van der Waals surface area contributed by atoms with E-state index >= 15 is 0 Å². The Bertz CT molecular complexity index is 1190. The fourth-order valence-electron chi connectivity index (χ4n) is 3.73. The monoisotopic (exact) mass is 440 g/mol. The van der Waals surface area contributed by atoms with Crippen molar-refractivity contribution < 1.29 is 19.0 Å². The SMILES string of the molecule is O=C(CCc1ccccc1)Nc1ccc2c(c1)N(S(=O)(=O)c1ccc(F)cc1)CCC2.[HH]. The van der Waals surface area contributed by atoms with Crippen LogP contribution < -0.4 is 9.62 Å². The topological polar surface area (TPSA) is 66.5 Å². The predicted molar refractivity (Wildman–Crippen MR) is 121 cm³/mol. The number of hydrogen-bond acceptors (Lipinski definition) is 3. The minimum Gasteiger partial charge on any atom is -0.326 e. The van der Waals surface area contributed by atoms with E-state index in [2.05, 4.69) is 5.32 Å². The quantitative estimate of drug-likeness (QED) is 0.600. The molecule has 4 rings (SSSR count). The maximum Gasteiger partial charge on any atom is 0.264 e. The molecule has 0 bridgehead atoms. The van der Waals surface area contributed by atoms with E-state index in [9.17, 15) is 17.6 Å². The first kappa shape index (κ1) is 21.1. The Morgan fingerprint density at radius 1 is 1.03 bits per heavy atom. The third-order valence-electron chi connectivity index (χ3n) is 5.33. The number of amides is 1. The fraction of sp³-hybridized carbons (Fsp3) is 0.208. The van der Waals surface area contributed by atoms with Gasteiger partial charge in [-0.2, -0.15) is 0 Å². The summed E-state index contributed by atoms with van der Waals surface area (Å²) < 4.78 is 40.9. The van der Waals surface area contributed by atoms with Crippen molar-refractivity contribution in [3.8, 4) is 0 Å². The number of nitrogens with one attached hydrogen (secondary N) is 1. The lowest BCUT2D eigenvalue weighted by molar-refractivity contribution is -0.116. The summed E-state index contributed by atoms with van der Waals surface area (Å²) in [5.74, 6) is -0.619. The van der Waals surface area contributed by atoms with Crippen LogP contribution in [-0.4, -0.2) is 20.9 Å². The maximum absolute atomic E-state index is 13.3.